The molecule has 0 bridgehead atoms. The van der Waals surface area contributed by atoms with Crippen molar-refractivity contribution in [3.05, 3.63) is 120 Å². The van der Waals surface area contributed by atoms with Crippen molar-refractivity contribution in [1.29, 1.82) is 0 Å². The van der Waals surface area contributed by atoms with Crippen LogP contribution in [-0.4, -0.2) is 49.0 Å². The lowest BCUT2D eigenvalue weighted by Crippen LogP contribution is -2.61. The number of hydrogen-bond acceptors (Lipinski definition) is 6. The SMILES string of the molecule is C=CCCCO[C@@H]1OC(COCc2ccccc2)[C@H](OCc2ccccc2)[C@H](OCc2ccccc2)C1O. The Morgan fingerprint density at radius 3 is 1.79 bits per heavy atom. The molecule has 1 aliphatic rings. The predicted molar refractivity (Wildman–Crippen MR) is 146 cm³/mol. The van der Waals surface area contributed by atoms with Crippen molar-refractivity contribution in [2.24, 2.45) is 0 Å². The molecule has 0 aromatic heterocycles. The molecule has 1 aliphatic heterocycles. The lowest BCUT2D eigenvalue weighted by Gasteiger charge is -2.44. The molecule has 2 unspecified atom stereocenters. The lowest BCUT2D eigenvalue weighted by molar-refractivity contribution is -0.319. The monoisotopic (exact) mass is 518 g/mol. The van der Waals surface area contributed by atoms with E-state index in [1.165, 1.54) is 0 Å². The molecule has 1 fully saturated rings. The smallest absolute Gasteiger partial charge is 0.186 e. The van der Waals surface area contributed by atoms with Crippen LogP contribution in [0.2, 0.25) is 0 Å². The van der Waals surface area contributed by atoms with E-state index in [2.05, 4.69) is 6.58 Å². The van der Waals surface area contributed by atoms with Crippen LogP contribution in [0, 0.1) is 0 Å². The van der Waals surface area contributed by atoms with Crippen molar-refractivity contribution < 1.29 is 28.8 Å². The van der Waals surface area contributed by atoms with E-state index in [9.17, 15) is 5.11 Å². The zero-order valence-electron chi connectivity index (χ0n) is 21.8. The molecule has 3 aromatic carbocycles. The van der Waals surface area contributed by atoms with Gasteiger partial charge in [0, 0.05) is 0 Å². The Labute approximate surface area is 225 Å². The van der Waals surface area contributed by atoms with Gasteiger partial charge < -0.3 is 28.8 Å². The number of aliphatic hydroxyl groups is 1. The van der Waals surface area contributed by atoms with Crippen LogP contribution in [0.15, 0.2) is 104 Å². The van der Waals surface area contributed by atoms with Crippen LogP contribution in [0.1, 0.15) is 29.5 Å². The predicted octanol–water partition coefficient (Wildman–Crippen LogP) is 5.44. The van der Waals surface area contributed by atoms with Crippen LogP contribution in [0.3, 0.4) is 0 Å². The highest BCUT2D eigenvalue weighted by Gasteiger charge is 2.47. The first-order valence-corrected chi connectivity index (χ1v) is 13.2. The summed E-state index contributed by atoms with van der Waals surface area (Å²) in [6.45, 7) is 5.58. The third kappa shape index (κ3) is 8.60. The van der Waals surface area contributed by atoms with Gasteiger partial charge in [-0.3, -0.25) is 0 Å². The number of benzene rings is 3. The minimum absolute atomic E-state index is 0.263. The number of aliphatic hydroxyl groups excluding tert-OH is 1. The van der Waals surface area contributed by atoms with Gasteiger partial charge >= 0.3 is 0 Å². The Kier molecular flexibility index (Phi) is 11.5. The molecule has 0 aliphatic carbocycles. The fourth-order valence-corrected chi connectivity index (χ4v) is 4.39. The molecule has 0 amide bonds. The summed E-state index contributed by atoms with van der Waals surface area (Å²) in [6, 6.07) is 29.8. The van der Waals surface area contributed by atoms with Gasteiger partial charge in [-0.1, -0.05) is 97.1 Å². The molecule has 202 valence electrons. The van der Waals surface area contributed by atoms with Crippen LogP contribution < -0.4 is 0 Å². The van der Waals surface area contributed by atoms with Gasteiger partial charge in [0.05, 0.1) is 33.0 Å². The van der Waals surface area contributed by atoms with Crippen molar-refractivity contribution >= 4 is 0 Å². The van der Waals surface area contributed by atoms with Crippen molar-refractivity contribution in [3.8, 4) is 0 Å². The summed E-state index contributed by atoms with van der Waals surface area (Å²) in [5.41, 5.74) is 3.10. The molecular formula is C32H38O6. The lowest BCUT2D eigenvalue weighted by atomic mass is 9.98. The summed E-state index contributed by atoms with van der Waals surface area (Å²) >= 11 is 0. The van der Waals surface area contributed by atoms with Gasteiger partial charge in [-0.25, -0.2) is 0 Å². The van der Waals surface area contributed by atoms with Crippen LogP contribution in [0.25, 0.3) is 0 Å². The highest BCUT2D eigenvalue weighted by atomic mass is 16.7. The number of allylic oxidation sites excluding steroid dienone is 1. The van der Waals surface area contributed by atoms with Crippen LogP contribution in [-0.2, 0) is 43.5 Å². The van der Waals surface area contributed by atoms with Gasteiger partial charge in [0.2, 0.25) is 0 Å². The Morgan fingerprint density at radius 1 is 0.711 bits per heavy atom. The van der Waals surface area contributed by atoms with E-state index in [4.69, 9.17) is 23.7 Å². The highest BCUT2D eigenvalue weighted by Crippen LogP contribution is 2.29. The quantitative estimate of drug-likeness (QED) is 0.213. The average Bonchev–Trinajstić information content (AvgIpc) is 2.96. The summed E-state index contributed by atoms with van der Waals surface area (Å²) in [6.07, 6.45) is -0.189. The molecule has 6 nitrogen and oxygen atoms in total. The maximum Gasteiger partial charge on any atom is 0.186 e. The minimum atomic E-state index is -1.03. The molecular weight excluding hydrogens is 480 g/mol. The van der Waals surface area contributed by atoms with E-state index < -0.39 is 30.7 Å². The molecule has 38 heavy (non-hydrogen) atoms. The second-order valence-electron chi connectivity index (χ2n) is 9.36. The molecule has 6 heteroatoms. The second-order valence-corrected chi connectivity index (χ2v) is 9.36. The molecule has 4 rings (SSSR count). The van der Waals surface area contributed by atoms with Crippen LogP contribution >= 0.6 is 0 Å². The topological polar surface area (TPSA) is 66.4 Å². The first-order chi connectivity index (χ1) is 18.7. The Morgan fingerprint density at radius 2 is 1.24 bits per heavy atom. The maximum absolute atomic E-state index is 11.3. The molecule has 1 heterocycles. The first kappa shape index (κ1) is 28.2. The normalized spacial score (nSPS) is 23.2. The third-order valence-electron chi connectivity index (χ3n) is 6.41. The number of hydrogen-bond donors (Lipinski definition) is 1. The maximum atomic E-state index is 11.3. The van der Waals surface area contributed by atoms with Gasteiger partial charge in [0.25, 0.3) is 0 Å². The minimum Gasteiger partial charge on any atom is -0.385 e. The third-order valence-corrected chi connectivity index (χ3v) is 6.41. The zero-order chi connectivity index (χ0) is 26.4. The van der Waals surface area contributed by atoms with Crippen molar-refractivity contribution in [1.82, 2.24) is 0 Å². The first-order valence-electron chi connectivity index (χ1n) is 13.2. The molecule has 0 spiro atoms. The summed E-state index contributed by atoms with van der Waals surface area (Å²) in [4.78, 5) is 0. The van der Waals surface area contributed by atoms with E-state index in [1.54, 1.807) is 0 Å². The summed E-state index contributed by atoms with van der Waals surface area (Å²) in [5.74, 6) is 0. The van der Waals surface area contributed by atoms with Gasteiger partial charge in [-0.15, -0.1) is 6.58 Å². The Bertz CT molecular complexity index is 1050. The van der Waals surface area contributed by atoms with Gasteiger partial charge in [-0.05, 0) is 29.5 Å². The van der Waals surface area contributed by atoms with Gasteiger partial charge in [0.15, 0.2) is 6.29 Å². The summed E-state index contributed by atoms with van der Waals surface area (Å²) in [7, 11) is 0. The van der Waals surface area contributed by atoms with Crippen LogP contribution in [0.5, 0.6) is 0 Å². The molecule has 5 atom stereocenters. The van der Waals surface area contributed by atoms with Crippen molar-refractivity contribution in [3.63, 3.8) is 0 Å². The van der Waals surface area contributed by atoms with Gasteiger partial charge in [0.1, 0.15) is 24.4 Å². The molecule has 0 radical (unpaired) electrons. The van der Waals surface area contributed by atoms with Gasteiger partial charge in [-0.2, -0.15) is 0 Å². The largest absolute Gasteiger partial charge is 0.385 e. The fraction of sp³-hybridized carbons (Fsp3) is 0.375. The second kappa shape index (κ2) is 15.5. The zero-order valence-corrected chi connectivity index (χ0v) is 21.8. The molecule has 1 N–H and O–H groups in total. The molecule has 3 aromatic rings. The van der Waals surface area contributed by atoms with Crippen molar-refractivity contribution in [2.75, 3.05) is 13.2 Å². The van der Waals surface area contributed by atoms with E-state index in [-0.39, 0.29) is 6.61 Å². The van der Waals surface area contributed by atoms with E-state index >= 15 is 0 Å². The fourth-order valence-electron chi connectivity index (χ4n) is 4.39. The molecule has 1 saturated heterocycles. The highest BCUT2D eigenvalue weighted by molar-refractivity contribution is 5.15. The summed E-state index contributed by atoms with van der Waals surface area (Å²) < 4.78 is 31.0. The van der Waals surface area contributed by atoms with E-state index in [1.807, 2.05) is 97.1 Å². The van der Waals surface area contributed by atoms with Crippen molar-refractivity contribution in [2.45, 2.75) is 63.4 Å². The van der Waals surface area contributed by atoms with E-state index in [0.717, 1.165) is 29.5 Å². The number of rotatable bonds is 15. The summed E-state index contributed by atoms with van der Waals surface area (Å²) in [5, 5.41) is 11.3. The number of unbranched alkanes of at least 4 members (excludes halogenated alkanes) is 1. The van der Waals surface area contributed by atoms with E-state index in [0.29, 0.717) is 26.4 Å². The molecule has 0 saturated carbocycles. The Balaban J connectivity index is 1.50. The van der Waals surface area contributed by atoms with Crippen LogP contribution in [0.4, 0.5) is 0 Å². The number of ether oxygens (including phenoxy) is 5. The standard InChI is InChI=1S/C32H38O6/c1-2-3-13-20-35-32-29(33)31(37-23-27-18-11-6-12-19-27)30(36-22-26-16-9-5-10-17-26)28(38-32)24-34-21-25-14-7-4-8-15-25/h2,4-12,14-19,28-33H,1,3,13,20-24H2/t28?,29?,30-,31+,32+/m0/s1. The average molecular weight is 519 g/mol. The Hall–Kier alpha value is -2.84.